The second-order valence-corrected chi connectivity index (χ2v) is 4.96. The first kappa shape index (κ1) is 11.2. The van der Waals surface area contributed by atoms with E-state index in [4.69, 9.17) is 0 Å². The van der Waals surface area contributed by atoms with E-state index in [1.165, 1.54) is 16.7 Å². The predicted octanol–water partition coefficient (Wildman–Crippen LogP) is 3.03. The molecule has 0 saturated heterocycles. The van der Waals surface area contributed by atoms with Gasteiger partial charge in [0.15, 0.2) is 5.78 Å². The highest BCUT2D eigenvalue weighted by Gasteiger charge is 2.22. The van der Waals surface area contributed by atoms with Crippen molar-refractivity contribution >= 4 is 17.1 Å². The van der Waals surface area contributed by atoms with Gasteiger partial charge < -0.3 is 0 Å². The van der Waals surface area contributed by atoms with E-state index in [1.807, 2.05) is 0 Å². The average molecular weight is 260 g/mol. The molecule has 0 bridgehead atoms. The van der Waals surface area contributed by atoms with Gasteiger partial charge in [-0.3, -0.25) is 4.79 Å². The van der Waals surface area contributed by atoms with Crippen LogP contribution in [0.1, 0.15) is 22.5 Å². The molecule has 0 saturated carbocycles. The van der Waals surface area contributed by atoms with Crippen molar-refractivity contribution in [1.29, 1.82) is 0 Å². The van der Waals surface area contributed by atoms with E-state index in [0.717, 1.165) is 5.69 Å². The summed E-state index contributed by atoms with van der Waals surface area (Å²) in [6.07, 6.45) is 1.33. The minimum absolute atomic E-state index is 0.0411. The smallest absolute Gasteiger partial charge is 0.224 e. The summed E-state index contributed by atoms with van der Waals surface area (Å²) in [7, 11) is 0. The lowest BCUT2D eigenvalue weighted by molar-refractivity contribution is 0.102. The molecule has 0 unspecified atom stereocenters. The third-order valence-electron chi connectivity index (χ3n) is 2.90. The van der Waals surface area contributed by atoms with Crippen LogP contribution in [0.5, 0.6) is 0 Å². The molecule has 0 spiro atoms. The molecule has 0 amide bonds. The van der Waals surface area contributed by atoms with Gasteiger partial charge >= 0.3 is 0 Å². The van der Waals surface area contributed by atoms with E-state index < -0.39 is 5.95 Å². The molecule has 0 aliphatic heterocycles. The lowest BCUT2D eigenvalue weighted by Crippen LogP contribution is -2.15. The minimum Gasteiger partial charge on any atom is -0.289 e. The van der Waals surface area contributed by atoms with Gasteiger partial charge in [-0.25, -0.2) is 9.97 Å². The lowest BCUT2D eigenvalue weighted by atomic mass is 9.91. The predicted molar refractivity (Wildman–Crippen MR) is 67.1 cm³/mol. The van der Waals surface area contributed by atoms with Gasteiger partial charge in [-0.15, -0.1) is 11.3 Å². The van der Waals surface area contributed by atoms with Crippen molar-refractivity contribution in [2.45, 2.75) is 12.8 Å². The molecule has 1 aliphatic carbocycles. The molecule has 0 atom stereocenters. The molecule has 90 valence electrons. The number of ketones is 1. The highest BCUT2D eigenvalue weighted by molar-refractivity contribution is 7.13. The molecule has 1 aliphatic rings. The first-order valence-corrected chi connectivity index (χ1v) is 6.37. The number of thiazole rings is 1. The monoisotopic (exact) mass is 260 g/mol. The number of aryl methyl sites for hydroxylation is 1. The van der Waals surface area contributed by atoms with Gasteiger partial charge in [0.05, 0.1) is 11.4 Å². The second-order valence-electron chi connectivity index (χ2n) is 4.10. The Hall–Kier alpha value is -1.88. The Labute approximate surface area is 107 Å². The van der Waals surface area contributed by atoms with Gasteiger partial charge in [-0.2, -0.15) is 4.39 Å². The van der Waals surface area contributed by atoms with Crippen LogP contribution in [0.4, 0.5) is 4.39 Å². The maximum Gasteiger partial charge on any atom is 0.224 e. The van der Waals surface area contributed by atoms with Gasteiger partial charge in [0.2, 0.25) is 5.95 Å². The zero-order valence-corrected chi connectivity index (χ0v) is 10.3. The summed E-state index contributed by atoms with van der Waals surface area (Å²) < 4.78 is 12.9. The number of hydrogen-bond acceptors (Lipinski definition) is 4. The van der Waals surface area contributed by atoms with E-state index in [9.17, 15) is 9.18 Å². The SMILES string of the molecule is C=C1CCc2nc(-c3nc(F)cs3)ccc2C1=O. The van der Waals surface area contributed by atoms with E-state index >= 15 is 0 Å². The van der Waals surface area contributed by atoms with Crippen LogP contribution in [0.15, 0.2) is 29.7 Å². The molecule has 3 rings (SSSR count). The van der Waals surface area contributed by atoms with E-state index in [2.05, 4.69) is 16.5 Å². The Morgan fingerprint density at radius 3 is 2.83 bits per heavy atom. The summed E-state index contributed by atoms with van der Waals surface area (Å²) in [5, 5.41) is 1.87. The van der Waals surface area contributed by atoms with Gasteiger partial charge in [-0.05, 0) is 30.5 Å². The maximum atomic E-state index is 12.9. The summed E-state index contributed by atoms with van der Waals surface area (Å²) in [6, 6.07) is 3.43. The molecule has 3 nitrogen and oxygen atoms in total. The van der Waals surface area contributed by atoms with Crippen molar-refractivity contribution in [3.63, 3.8) is 0 Å². The lowest BCUT2D eigenvalue weighted by Gasteiger charge is -2.15. The van der Waals surface area contributed by atoms with E-state index in [1.54, 1.807) is 12.1 Å². The fourth-order valence-electron chi connectivity index (χ4n) is 1.96. The van der Waals surface area contributed by atoms with Crippen LogP contribution in [0.3, 0.4) is 0 Å². The number of carbonyl (C=O) groups is 1. The summed E-state index contributed by atoms with van der Waals surface area (Å²) in [5.41, 5.74) is 2.59. The number of halogens is 1. The van der Waals surface area contributed by atoms with Gasteiger partial charge in [0, 0.05) is 10.9 Å². The second kappa shape index (κ2) is 4.10. The van der Waals surface area contributed by atoms with Crippen molar-refractivity contribution in [1.82, 2.24) is 9.97 Å². The van der Waals surface area contributed by atoms with Crippen molar-refractivity contribution < 1.29 is 9.18 Å². The Morgan fingerprint density at radius 1 is 1.28 bits per heavy atom. The topological polar surface area (TPSA) is 42.9 Å². The fraction of sp³-hybridized carbons (Fsp3) is 0.154. The van der Waals surface area contributed by atoms with Crippen LogP contribution >= 0.6 is 11.3 Å². The highest BCUT2D eigenvalue weighted by Crippen LogP contribution is 2.27. The van der Waals surface area contributed by atoms with Crippen molar-refractivity contribution in [3.8, 4) is 10.7 Å². The average Bonchev–Trinajstić information content (AvgIpc) is 2.80. The summed E-state index contributed by atoms with van der Waals surface area (Å²) in [5.74, 6) is -0.542. The number of fused-ring (bicyclic) bond motifs is 1. The molecule has 0 N–H and O–H groups in total. The highest BCUT2D eigenvalue weighted by atomic mass is 32.1. The molecule has 0 radical (unpaired) electrons. The molecular weight excluding hydrogens is 251 g/mol. The van der Waals surface area contributed by atoms with Crippen LogP contribution < -0.4 is 0 Å². The van der Waals surface area contributed by atoms with Crippen LogP contribution in [-0.2, 0) is 6.42 Å². The van der Waals surface area contributed by atoms with Crippen molar-refractivity contribution in [2.24, 2.45) is 0 Å². The number of nitrogens with zero attached hydrogens (tertiary/aromatic N) is 2. The third kappa shape index (κ3) is 1.76. The Balaban J connectivity index is 2.07. The number of allylic oxidation sites excluding steroid dienone is 1. The third-order valence-corrected chi connectivity index (χ3v) is 3.73. The normalized spacial score (nSPS) is 14.7. The molecule has 5 heteroatoms. The molecule has 2 aromatic rings. The van der Waals surface area contributed by atoms with Gasteiger partial charge in [0.25, 0.3) is 0 Å². The Morgan fingerprint density at radius 2 is 2.11 bits per heavy atom. The fourth-order valence-corrected chi connectivity index (χ4v) is 2.60. The summed E-state index contributed by atoms with van der Waals surface area (Å²) >= 11 is 1.20. The molecular formula is C13H9FN2OS. The van der Waals surface area contributed by atoms with Gasteiger partial charge in [0.1, 0.15) is 5.01 Å². The largest absolute Gasteiger partial charge is 0.289 e. The molecule has 18 heavy (non-hydrogen) atoms. The quantitative estimate of drug-likeness (QED) is 0.740. The Kier molecular flexibility index (Phi) is 2.56. The molecule has 0 fully saturated rings. The number of hydrogen-bond donors (Lipinski definition) is 0. The molecule has 0 aromatic carbocycles. The number of carbonyl (C=O) groups excluding carboxylic acids is 1. The minimum atomic E-state index is -0.501. The number of Topliss-reactive ketones (excluding diaryl/α,β-unsaturated/α-hetero) is 1. The zero-order valence-electron chi connectivity index (χ0n) is 9.44. The van der Waals surface area contributed by atoms with Crippen molar-refractivity contribution in [3.05, 3.63) is 46.9 Å². The summed E-state index contributed by atoms with van der Waals surface area (Å²) in [6.45, 7) is 3.74. The van der Waals surface area contributed by atoms with Crippen LogP contribution in [0.25, 0.3) is 10.7 Å². The van der Waals surface area contributed by atoms with E-state index in [-0.39, 0.29) is 5.78 Å². The number of pyridine rings is 1. The number of rotatable bonds is 1. The zero-order chi connectivity index (χ0) is 12.7. The summed E-state index contributed by atoms with van der Waals surface area (Å²) in [4.78, 5) is 20.0. The van der Waals surface area contributed by atoms with Crippen LogP contribution in [-0.4, -0.2) is 15.8 Å². The van der Waals surface area contributed by atoms with Crippen LogP contribution in [0, 0.1) is 5.95 Å². The van der Waals surface area contributed by atoms with Crippen molar-refractivity contribution in [2.75, 3.05) is 0 Å². The molecule has 2 aromatic heterocycles. The van der Waals surface area contributed by atoms with Gasteiger partial charge in [-0.1, -0.05) is 6.58 Å². The maximum absolute atomic E-state index is 12.9. The van der Waals surface area contributed by atoms with Crippen LogP contribution in [0.2, 0.25) is 0 Å². The first-order chi connectivity index (χ1) is 8.65. The Bertz CT molecular complexity index is 663. The standard InChI is InChI=1S/C13H9FN2OS/c1-7-2-4-9-8(12(7)17)3-5-10(15-9)13-16-11(14)6-18-13/h3,5-6H,1-2,4H2. The molecule has 2 heterocycles. The number of aromatic nitrogens is 2. The van der Waals surface area contributed by atoms with E-state index in [0.29, 0.717) is 34.7 Å². The first-order valence-electron chi connectivity index (χ1n) is 5.49.